The fourth-order valence-corrected chi connectivity index (χ4v) is 7.05. The topological polar surface area (TPSA) is 125 Å². The number of likely N-dealkylation sites (N-methyl/N-ethyl adjacent to an activating group) is 1. The summed E-state index contributed by atoms with van der Waals surface area (Å²) in [5.41, 5.74) is 0.600. The minimum absolute atomic E-state index is 0.0264. The van der Waals surface area contributed by atoms with Crippen molar-refractivity contribution in [1.82, 2.24) is 9.21 Å². The quantitative estimate of drug-likeness (QED) is 0.504. The fraction of sp³-hybridized carbons (Fsp3) is 0.538. The van der Waals surface area contributed by atoms with E-state index in [9.17, 15) is 23.1 Å². The Morgan fingerprint density at radius 3 is 2.66 bits per heavy atom. The van der Waals surface area contributed by atoms with Gasteiger partial charge in [0.15, 0.2) is 5.75 Å². The van der Waals surface area contributed by atoms with Gasteiger partial charge < -0.3 is 24.8 Å². The molecular formula is C26H35N3O7S2. The van der Waals surface area contributed by atoms with Crippen molar-refractivity contribution in [3.8, 4) is 5.75 Å². The summed E-state index contributed by atoms with van der Waals surface area (Å²) in [5, 5.41) is 14.5. The molecule has 208 valence electrons. The highest BCUT2D eigenvalue weighted by atomic mass is 32.2. The standard InChI is InChI=1S/C26H35N3O7S2/c1-17-14-29(18(2)16-30)26(32)20-6-4-7-21(27-25(31)19-9-11-35-12-10-19)24(20)36-22(17)15-28(3)38(33,34)23-8-5-13-37-23/h4-8,13,17-19,22,30H,9-12,14-16H2,1-3H3,(H,27,31)/t17-,18+,22-/m1/s1. The number of thiophene rings is 1. The lowest BCUT2D eigenvalue weighted by Gasteiger charge is -2.38. The van der Waals surface area contributed by atoms with E-state index < -0.39 is 22.2 Å². The lowest BCUT2D eigenvalue weighted by molar-refractivity contribution is -0.122. The molecule has 3 heterocycles. The molecule has 2 aliphatic rings. The molecule has 0 bridgehead atoms. The van der Waals surface area contributed by atoms with Crippen LogP contribution in [0.5, 0.6) is 5.75 Å². The minimum Gasteiger partial charge on any atom is -0.486 e. The van der Waals surface area contributed by atoms with Gasteiger partial charge in [0.05, 0.1) is 30.4 Å². The Kier molecular flexibility index (Phi) is 9.09. The van der Waals surface area contributed by atoms with Crippen molar-refractivity contribution in [2.24, 2.45) is 11.8 Å². The van der Waals surface area contributed by atoms with Gasteiger partial charge in [-0.1, -0.05) is 19.1 Å². The Morgan fingerprint density at radius 2 is 2.00 bits per heavy atom. The smallest absolute Gasteiger partial charge is 0.258 e. The van der Waals surface area contributed by atoms with Gasteiger partial charge >= 0.3 is 0 Å². The highest BCUT2D eigenvalue weighted by Gasteiger charge is 2.36. The van der Waals surface area contributed by atoms with E-state index >= 15 is 0 Å². The van der Waals surface area contributed by atoms with Crippen LogP contribution in [0.4, 0.5) is 5.69 Å². The monoisotopic (exact) mass is 565 g/mol. The van der Waals surface area contributed by atoms with E-state index in [0.717, 1.165) is 11.3 Å². The minimum atomic E-state index is -3.74. The van der Waals surface area contributed by atoms with Crippen molar-refractivity contribution in [3.05, 3.63) is 41.3 Å². The van der Waals surface area contributed by atoms with Crippen LogP contribution in [0, 0.1) is 11.8 Å². The number of ether oxygens (including phenoxy) is 2. The Bertz CT molecular complexity index is 1230. The number of amides is 2. The van der Waals surface area contributed by atoms with Crippen LogP contribution < -0.4 is 10.1 Å². The Hall–Kier alpha value is -2.51. The predicted octanol–water partition coefficient (Wildman–Crippen LogP) is 2.65. The maximum Gasteiger partial charge on any atom is 0.258 e. The first-order valence-corrected chi connectivity index (χ1v) is 15.1. The molecule has 0 radical (unpaired) electrons. The predicted molar refractivity (Wildman–Crippen MR) is 144 cm³/mol. The first-order valence-electron chi connectivity index (χ1n) is 12.7. The Morgan fingerprint density at radius 1 is 1.26 bits per heavy atom. The zero-order chi connectivity index (χ0) is 27.4. The van der Waals surface area contributed by atoms with E-state index in [-0.39, 0.29) is 58.9 Å². The second-order valence-electron chi connectivity index (χ2n) is 9.90. The fourth-order valence-electron chi connectivity index (χ4n) is 4.67. The van der Waals surface area contributed by atoms with Crippen molar-refractivity contribution in [2.75, 3.05) is 45.3 Å². The number of nitrogens with zero attached hydrogens (tertiary/aromatic N) is 2. The first kappa shape index (κ1) is 28.5. The van der Waals surface area contributed by atoms with Gasteiger partial charge in [0, 0.05) is 38.6 Å². The molecule has 0 saturated carbocycles. The van der Waals surface area contributed by atoms with E-state index in [0.29, 0.717) is 31.7 Å². The molecule has 2 aliphatic heterocycles. The zero-order valence-corrected chi connectivity index (χ0v) is 23.5. The molecule has 0 aliphatic carbocycles. The second kappa shape index (κ2) is 12.1. The number of aliphatic hydroxyl groups is 1. The molecule has 3 atom stereocenters. The summed E-state index contributed by atoms with van der Waals surface area (Å²) >= 11 is 1.14. The first-order chi connectivity index (χ1) is 18.1. The van der Waals surface area contributed by atoms with Gasteiger partial charge in [-0.25, -0.2) is 8.42 Å². The van der Waals surface area contributed by atoms with E-state index in [4.69, 9.17) is 9.47 Å². The number of carbonyl (C=O) groups excluding carboxylic acids is 2. The highest BCUT2D eigenvalue weighted by Crippen LogP contribution is 2.36. The van der Waals surface area contributed by atoms with Crippen molar-refractivity contribution in [2.45, 2.75) is 43.0 Å². The lowest BCUT2D eigenvalue weighted by Crippen LogP contribution is -2.50. The van der Waals surface area contributed by atoms with Crippen LogP contribution in [0.25, 0.3) is 0 Å². The van der Waals surface area contributed by atoms with Gasteiger partial charge in [0.1, 0.15) is 10.3 Å². The molecule has 2 N–H and O–H groups in total. The molecule has 1 aromatic heterocycles. The number of aliphatic hydroxyl groups excluding tert-OH is 1. The number of hydrogen-bond acceptors (Lipinski definition) is 8. The van der Waals surface area contributed by atoms with Crippen LogP contribution in [0.2, 0.25) is 0 Å². The summed E-state index contributed by atoms with van der Waals surface area (Å²) < 4.78 is 39.6. The molecule has 1 aromatic carbocycles. The van der Waals surface area contributed by atoms with Crippen LogP contribution in [-0.4, -0.2) is 86.6 Å². The van der Waals surface area contributed by atoms with Crippen LogP contribution in [0.1, 0.15) is 37.0 Å². The average Bonchev–Trinajstić information content (AvgIpc) is 3.47. The van der Waals surface area contributed by atoms with Crippen molar-refractivity contribution < 1.29 is 32.6 Å². The third-order valence-electron chi connectivity index (χ3n) is 7.14. The number of nitrogens with one attached hydrogen (secondary N) is 1. The van der Waals surface area contributed by atoms with E-state index in [1.165, 1.54) is 11.4 Å². The lowest BCUT2D eigenvalue weighted by atomic mass is 9.98. The van der Waals surface area contributed by atoms with Gasteiger partial charge in [-0.3, -0.25) is 9.59 Å². The number of fused-ring (bicyclic) bond motifs is 1. The number of carbonyl (C=O) groups is 2. The molecule has 0 spiro atoms. The highest BCUT2D eigenvalue weighted by molar-refractivity contribution is 7.91. The SMILES string of the molecule is C[C@@H]1CN([C@@H](C)CO)C(=O)c2cccc(NC(=O)C3CCOCC3)c2O[C@@H]1CN(C)S(=O)(=O)c1cccs1. The summed E-state index contributed by atoms with van der Waals surface area (Å²) in [4.78, 5) is 28.3. The molecule has 0 unspecified atom stereocenters. The summed E-state index contributed by atoms with van der Waals surface area (Å²) in [5.74, 6) is -0.810. The summed E-state index contributed by atoms with van der Waals surface area (Å²) in [6.45, 7) is 4.72. The van der Waals surface area contributed by atoms with Crippen LogP contribution >= 0.6 is 11.3 Å². The van der Waals surface area contributed by atoms with Gasteiger partial charge in [0.2, 0.25) is 5.91 Å². The van der Waals surface area contributed by atoms with Gasteiger partial charge in [0.25, 0.3) is 15.9 Å². The molecule has 4 rings (SSSR count). The maximum absolute atomic E-state index is 13.6. The molecule has 2 amide bonds. The van der Waals surface area contributed by atoms with Crippen molar-refractivity contribution >= 4 is 38.9 Å². The zero-order valence-electron chi connectivity index (χ0n) is 21.8. The second-order valence-corrected chi connectivity index (χ2v) is 13.1. The van der Waals surface area contributed by atoms with E-state index in [1.54, 1.807) is 47.5 Å². The van der Waals surface area contributed by atoms with Crippen LogP contribution in [0.3, 0.4) is 0 Å². The van der Waals surface area contributed by atoms with E-state index in [1.807, 2.05) is 6.92 Å². The molecule has 12 heteroatoms. The van der Waals surface area contributed by atoms with Crippen molar-refractivity contribution in [3.63, 3.8) is 0 Å². The molecule has 2 aromatic rings. The van der Waals surface area contributed by atoms with Crippen LogP contribution in [0.15, 0.2) is 39.9 Å². The average molecular weight is 566 g/mol. The maximum atomic E-state index is 13.6. The molecule has 38 heavy (non-hydrogen) atoms. The number of sulfonamides is 1. The van der Waals surface area contributed by atoms with Gasteiger partial charge in [-0.15, -0.1) is 11.3 Å². The third-order valence-corrected chi connectivity index (χ3v) is 10.3. The van der Waals surface area contributed by atoms with E-state index in [2.05, 4.69) is 5.32 Å². The normalized spacial score (nSPS) is 21.8. The molecular weight excluding hydrogens is 530 g/mol. The molecule has 10 nitrogen and oxygen atoms in total. The molecule has 1 saturated heterocycles. The van der Waals surface area contributed by atoms with Gasteiger partial charge in [-0.05, 0) is 43.3 Å². The van der Waals surface area contributed by atoms with Crippen molar-refractivity contribution in [1.29, 1.82) is 0 Å². The number of benzene rings is 1. The largest absolute Gasteiger partial charge is 0.486 e. The number of anilines is 1. The molecule has 1 fully saturated rings. The third kappa shape index (κ3) is 6.04. The Balaban J connectivity index is 1.69. The van der Waals surface area contributed by atoms with Crippen LogP contribution in [-0.2, 0) is 19.6 Å². The summed E-state index contributed by atoms with van der Waals surface area (Å²) in [6.07, 6.45) is 0.567. The summed E-state index contributed by atoms with van der Waals surface area (Å²) in [7, 11) is -2.23. The number of rotatable bonds is 8. The van der Waals surface area contributed by atoms with Gasteiger partial charge in [-0.2, -0.15) is 4.31 Å². The number of para-hydroxylation sites is 1. The summed E-state index contributed by atoms with van der Waals surface area (Å²) in [6, 6.07) is 7.75. The number of hydrogen-bond donors (Lipinski definition) is 2. The Labute approximate surface area is 227 Å².